The third-order valence-electron chi connectivity index (χ3n) is 6.04. The molecule has 3 aliphatic heterocycles. The normalized spacial score (nSPS) is 14.7. The quantitative estimate of drug-likeness (QED) is 0.468. The number of nitrogens with zero attached hydrogens (tertiary/aromatic N) is 5. The number of aromatic nitrogens is 3. The van der Waals surface area contributed by atoms with E-state index in [-0.39, 0.29) is 11.5 Å². The average molecular weight is 462 g/mol. The highest BCUT2D eigenvalue weighted by Crippen LogP contribution is 2.24. The SMILES string of the molecule is Cn1cc(C(=O)N2CCN(Cc3ccccc3Cl)CC2)c2nn(-c3ccccc3)c(=O)c-2c1. The first-order valence-electron chi connectivity index (χ1n) is 10.9. The molecule has 7 nitrogen and oxygen atoms in total. The van der Waals surface area contributed by atoms with E-state index in [0.717, 1.165) is 30.2 Å². The number of carbonyl (C=O) groups excluding carboxylic acids is 1. The van der Waals surface area contributed by atoms with Crippen molar-refractivity contribution in [1.29, 1.82) is 0 Å². The summed E-state index contributed by atoms with van der Waals surface area (Å²) in [5.74, 6) is -0.105. The zero-order chi connectivity index (χ0) is 22.9. The summed E-state index contributed by atoms with van der Waals surface area (Å²) in [5.41, 5.74) is 2.85. The van der Waals surface area contributed by atoms with Gasteiger partial charge in [-0.2, -0.15) is 9.78 Å². The molecule has 0 saturated carbocycles. The minimum atomic E-state index is -0.231. The summed E-state index contributed by atoms with van der Waals surface area (Å²) in [5, 5.41) is 5.30. The van der Waals surface area contributed by atoms with Crippen LogP contribution in [0.3, 0.4) is 0 Å². The molecule has 0 N–H and O–H groups in total. The molecular weight excluding hydrogens is 438 g/mol. The first-order valence-corrected chi connectivity index (χ1v) is 11.3. The summed E-state index contributed by atoms with van der Waals surface area (Å²) in [6.45, 7) is 3.47. The van der Waals surface area contributed by atoms with Crippen LogP contribution < -0.4 is 5.56 Å². The van der Waals surface area contributed by atoms with Gasteiger partial charge >= 0.3 is 0 Å². The van der Waals surface area contributed by atoms with Crippen molar-refractivity contribution >= 4 is 17.5 Å². The Balaban J connectivity index is 1.38. The van der Waals surface area contributed by atoms with Crippen molar-refractivity contribution in [2.24, 2.45) is 7.05 Å². The first-order chi connectivity index (χ1) is 16.0. The molecule has 168 valence electrons. The lowest BCUT2D eigenvalue weighted by Crippen LogP contribution is -2.48. The Labute approximate surface area is 196 Å². The Bertz CT molecular complexity index is 1320. The monoisotopic (exact) mass is 461 g/mol. The Kier molecular flexibility index (Phi) is 5.74. The van der Waals surface area contributed by atoms with E-state index in [9.17, 15) is 9.59 Å². The van der Waals surface area contributed by atoms with Gasteiger partial charge < -0.3 is 9.47 Å². The van der Waals surface area contributed by atoms with E-state index in [0.29, 0.717) is 35.6 Å². The van der Waals surface area contributed by atoms with Crippen molar-refractivity contribution in [3.05, 3.63) is 93.5 Å². The van der Waals surface area contributed by atoms with E-state index in [4.69, 9.17) is 11.6 Å². The van der Waals surface area contributed by atoms with Gasteiger partial charge in [-0.3, -0.25) is 14.5 Å². The van der Waals surface area contributed by atoms with Crippen molar-refractivity contribution in [3.8, 4) is 16.9 Å². The van der Waals surface area contributed by atoms with E-state index in [2.05, 4.69) is 10.00 Å². The molecule has 33 heavy (non-hydrogen) atoms. The number of hydrogen-bond acceptors (Lipinski definition) is 4. The van der Waals surface area contributed by atoms with E-state index >= 15 is 0 Å². The van der Waals surface area contributed by atoms with Crippen LogP contribution in [0.5, 0.6) is 0 Å². The second-order valence-electron chi connectivity index (χ2n) is 8.31. The lowest BCUT2D eigenvalue weighted by molar-refractivity contribution is 0.0628. The topological polar surface area (TPSA) is 63.4 Å². The third kappa shape index (κ3) is 4.17. The second kappa shape index (κ2) is 8.84. The van der Waals surface area contributed by atoms with Crippen LogP contribution in [0, 0.1) is 0 Å². The Morgan fingerprint density at radius 2 is 1.67 bits per heavy atom. The van der Waals surface area contributed by atoms with E-state index < -0.39 is 0 Å². The lowest BCUT2D eigenvalue weighted by atomic mass is 10.1. The number of carbonyl (C=O) groups is 1. The molecule has 0 spiro atoms. The molecule has 0 radical (unpaired) electrons. The number of pyridine rings is 1. The summed E-state index contributed by atoms with van der Waals surface area (Å²) in [4.78, 5) is 30.6. The fourth-order valence-electron chi connectivity index (χ4n) is 4.28. The van der Waals surface area contributed by atoms with Gasteiger partial charge in [0.2, 0.25) is 0 Å². The number of aryl methyl sites for hydroxylation is 1. The van der Waals surface area contributed by atoms with Gasteiger partial charge in [-0.05, 0) is 23.8 Å². The maximum absolute atomic E-state index is 13.5. The van der Waals surface area contributed by atoms with Gasteiger partial charge in [0, 0.05) is 57.2 Å². The molecule has 3 aliphatic rings. The molecule has 5 rings (SSSR count). The van der Waals surface area contributed by atoms with Crippen LogP contribution in [0.25, 0.3) is 16.9 Å². The molecule has 1 amide bonds. The molecule has 0 bridgehead atoms. The zero-order valence-electron chi connectivity index (χ0n) is 18.3. The summed E-state index contributed by atoms with van der Waals surface area (Å²) >= 11 is 6.30. The summed E-state index contributed by atoms with van der Waals surface area (Å²) in [6, 6.07) is 17.1. The van der Waals surface area contributed by atoms with Crippen LogP contribution >= 0.6 is 11.6 Å². The predicted molar refractivity (Wildman–Crippen MR) is 128 cm³/mol. The van der Waals surface area contributed by atoms with Crippen LogP contribution in [-0.4, -0.2) is 56.2 Å². The van der Waals surface area contributed by atoms with E-state index in [1.165, 1.54) is 4.68 Å². The molecule has 1 fully saturated rings. The van der Waals surface area contributed by atoms with Crippen LogP contribution in [-0.2, 0) is 13.6 Å². The van der Waals surface area contributed by atoms with Crippen molar-refractivity contribution in [2.75, 3.05) is 26.2 Å². The number of rotatable bonds is 4. The third-order valence-corrected chi connectivity index (χ3v) is 6.41. The summed E-state index contributed by atoms with van der Waals surface area (Å²) in [7, 11) is 1.82. The molecule has 2 aromatic carbocycles. The van der Waals surface area contributed by atoms with Crippen LogP contribution in [0.15, 0.2) is 71.8 Å². The van der Waals surface area contributed by atoms with Gasteiger partial charge in [-0.25, -0.2) is 0 Å². The highest BCUT2D eigenvalue weighted by atomic mass is 35.5. The van der Waals surface area contributed by atoms with E-state index in [1.54, 1.807) is 17.0 Å². The molecule has 8 heteroatoms. The van der Waals surface area contributed by atoms with Gasteiger partial charge in [-0.1, -0.05) is 48.0 Å². The number of para-hydroxylation sites is 1. The van der Waals surface area contributed by atoms with E-state index in [1.807, 2.05) is 66.5 Å². The van der Waals surface area contributed by atoms with Crippen molar-refractivity contribution in [3.63, 3.8) is 0 Å². The average Bonchev–Trinajstić information content (AvgIpc) is 3.17. The maximum Gasteiger partial charge on any atom is 0.282 e. The van der Waals surface area contributed by atoms with Crippen LogP contribution in [0.2, 0.25) is 5.02 Å². The Morgan fingerprint density at radius 1 is 0.970 bits per heavy atom. The summed E-state index contributed by atoms with van der Waals surface area (Å²) < 4.78 is 3.12. The van der Waals surface area contributed by atoms with Crippen molar-refractivity contribution in [1.82, 2.24) is 24.1 Å². The van der Waals surface area contributed by atoms with Gasteiger partial charge in [0.05, 0.1) is 16.8 Å². The predicted octanol–water partition coefficient (Wildman–Crippen LogP) is 3.29. The Hall–Kier alpha value is -3.42. The number of amides is 1. The smallest absolute Gasteiger partial charge is 0.282 e. The molecular formula is C25H24ClN5O2. The number of halogens is 1. The molecule has 1 saturated heterocycles. The van der Waals surface area contributed by atoms with Gasteiger partial charge in [0.1, 0.15) is 5.69 Å². The fourth-order valence-corrected chi connectivity index (χ4v) is 4.48. The van der Waals surface area contributed by atoms with Gasteiger partial charge in [-0.15, -0.1) is 0 Å². The van der Waals surface area contributed by atoms with Gasteiger partial charge in [0.25, 0.3) is 11.5 Å². The second-order valence-corrected chi connectivity index (χ2v) is 8.72. The highest BCUT2D eigenvalue weighted by Gasteiger charge is 2.29. The minimum absolute atomic E-state index is 0.105. The largest absolute Gasteiger partial charge is 0.356 e. The molecule has 2 aromatic rings. The number of piperazine rings is 1. The molecule has 0 aromatic heterocycles. The number of benzene rings is 2. The van der Waals surface area contributed by atoms with Crippen LogP contribution in [0.1, 0.15) is 15.9 Å². The number of hydrogen-bond donors (Lipinski definition) is 0. The first kappa shape index (κ1) is 21.4. The molecule has 3 heterocycles. The fraction of sp³-hybridized carbons (Fsp3) is 0.240. The van der Waals surface area contributed by atoms with Crippen molar-refractivity contribution in [2.45, 2.75) is 6.54 Å². The molecule has 0 aliphatic carbocycles. The highest BCUT2D eigenvalue weighted by molar-refractivity contribution is 6.31. The standard InChI is InChI=1S/C25H24ClN5O2/c1-28-16-20(23-21(17-28)25(33)31(27-23)19-8-3-2-4-9-19)24(32)30-13-11-29(12-14-30)15-18-7-5-6-10-22(18)26/h2-10,16-17H,11-15H2,1H3. The zero-order valence-corrected chi connectivity index (χ0v) is 19.1. The Morgan fingerprint density at radius 3 is 2.39 bits per heavy atom. The minimum Gasteiger partial charge on any atom is -0.356 e. The lowest BCUT2D eigenvalue weighted by Gasteiger charge is -2.35. The maximum atomic E-state index is 13.5. The summed E-state index contributed by atoms with van der Waals surface area (Å²) in [6.07, 6.45) is 3.48. The number of fused-ring (bicyclic) bond motifs is 1. The van der Waals surface area contributed by atoms with Gasteiger partial charge in [0.15, 0.2) is 0 Å². The van der Waals surface area contributed by atoms with Crippen molar-refractivity contribution < 1.29 is 4.79 Å². The molecule has 0 atom stereocenters. The molecule has 0 unspecified atom stereocenters. The van der Waals surface area contributed by atoms with Crippen LogP contribution in [0.4, 0.5) is 0 Å².